The summed E-state index contributed by atoms with van der Waals surface area (Å²) >= 11 is 0. The predicted octanol–water partition coefficient (Wildman–Crippen LogP) is 3.00. The second-order valence-corrected chi connectivity index (χ2v) is 12.4. The number of hydrogen-bond acceptors (Lipinski definition) is 6. The van der Waals surface area contributed by atoms with Crippen LogP contribution in [0.15, 0.2) is 84.5 Å². The van der Waals surface area contributed by atoms with Crippen LogP contribution in [0.1, 0.15) is 24.0 Å². The second-order valence-electron chi connectivity index (χ2n) is 10.4. The third-order valence-electron chi connectivity index (χ3n) is 7.65. The van der Waals surface area contributed by atoms with Gasteiger partial charge in [-0.1, -0.05) is 36.4 Å². The average molecular weight is 591 g/mol. The largest absolute Gasteiger partial charge is 0.339 e. The topological polar surface area (TPSA) is 108 Å². The molecule has 2 aliphatic rings. The van der Waals surface area contributed by atoms with Gasteiger partial charge in [0.15, 0.2) is 9.84 Å². The van der Waals surface area contributed by atoms with E-state index < -0.39 is 33.6 Å². The summed E-state index contributed by atoms with van der Waals surface area (Å²) < 4.78 is 38.2. The van der Waals surface area contributed by atoms with Gasteiger partial charge in [-0.05, 0) is 52.6 Å². The highest BCUT2D eigenvalue weighted by atomic mass is 32.2. The van der Waals surface area contributed by atoms with E-state index in [1.807, 2.05) is 0 Å². The first kappa shape index (κ1) is 29.1. The van der Waals surface area contributed by atoms with Crippen LogP contribution >= 0.6 is 0 Å². The van der Waals surface area contributed by atoms with E-state index >= 15 is 0 Å². The van der Waals surface area contributed by atoms with Crippen LogP contribution < -0.4 is 0 Å². The minimum atomic E-state index is -3.50. The van der Waals surface area contributed by atoms with Crippen LogP contribution in [-0.2, 0) is 30.8 Å². The van der Waals surface area contributed by atoms with Gasteiger partial charge in [-0.15, -0.1) is 0 Å². The molecule has 9 nitrogen and oxygen atoms in total. The lowest BCUT2D eigenvalue weighted by atomic mass is 9.92. The summed E-state index contributed by atoms with van der Waals surface area (Å²) in [5.74, 6) is -2.88. The summed E-state index contributed by atoms with van der Waals surface area (Å²) in [6.45, 7) is 2.83. The molecule has 3 heterocycles. The maximum absolute atomic E-state index is 14.4. The molecule has 0 radical (unpaired) electrons. The number of aromatic nitrogens is 1. The van der Waals surface area contributed by atoms with E-state index in [4.69, 9.17) is 0 Å². The lowest BCUT2D eigenvalue weighted by molar-refractivity contribution is -0.147. The summed E-state index contributed by atoms with van der Waals surface area (Å²) in [7, 11) is -3.50. The highest BCUT2D eigenvalue weighted by Crippen LogP contribution is 2.29. The number of amides is 3. The lowest BCUT2D eigenvalue weighted by Crippen LogP contribution is -2.53. The van der Waals surface area contributed by atoms with E-state index in [2.05, 4.69) is 4.98 Å². The molecule has 2 aliphatic heterocycles. The number of piperazine rings is 1. The number of pyridine rings is 1. The van der Waals surface area contributed by atoms with Gasteiger partial charge in [0, 0.05) is 57.4 Å². The van der Waals surface area contributed by atoms with E-state index in [-0.39, 0.29) is 37.1 Å². The molecular formula is C31H31FN4O5S. The van der Waals surface area contributed by atoms with Crippen molar-refractivity contribution in [2.24, 2.45) is 0 Å². The molecule has 2 atom stereocenters. The highest BCUT2D eigenvalue weighted by Gasteiger charge is 2.40. The number of carbonyl (C=O) groups is 3. The fourth-order valence-electron chi connectivity index (χ4n) is 5.29. The fourth-order valence-corrected chi connectivity index (χ4v) is 6.59. The van der Waals surface area contributed by atoms with Gasteiger partial charge in [-0.3, -0.25) is 19.4 Å². The Balaban J connectivity index is 1.50. The molecule has 0 bridgehead atoms. The Kier molecular flexibility index (Phi) is 8.49. The highest BCUT2D eigenvalue weighted by molar-refractivity contribution is 7.94. The van der Waals surface area contributed by atoms with E-state index in [1.165, 1.54) is 30.0 Å². The van der Waals surface area contributed by atoms with Crippen LogP contribution in [0, 0.1) is 5.82 Å². The molecule has 0 aliphatic carbocycles. The standard InChI is InChI=1S/C31H31FN4O5S/c1-22(37)34-15-17-35(18-16-34)30(38)29(26-4-2-24(3-5-26)25-6-8-27(32)9-7-25)31(39)36(20-23-10-13-33-14-11-23)28-12-19-42(40,41)21-28/h2-14,19,28-29H,15-18,20-21H2,1H3. The van der Waals surface area contributed by atoms with Gasteiger partial charge in [0.2, 0.25) is 17.7 Å². The van der Waals surface area contributed by atoms with Crippen molar-refractivity contribution in [3.8, 4) is 11.1 Å². The molecule has 1 aromatic heterocycles. The van der Waals surface area contributed by atoms with Crippen LogP contribution in [-0.4, -0.2) is 83.8 Å². The molecule has 0 saturated carbocycles. The van der Waals surface area contributed by atoms with E-state index in [1.54, 1.807) is 70.7 Å². The number of rotatable bonds is 7. The quantitative estimate of drug-likeness (QED) is 0.392. The Labute approximate surface area is 244 Å². The first-order valence-corrected chi connectivity index (χ1v) is 15.3. The summed E-state index contributed by atoms with van der Waals surface area (Å²) in [6.07, 6.45) is 4.66. The van der Waals surface area contributed by atoms with Gasteiger partial charge < -0.3 is 14.7 Å². The Bertz CT molecular complexity index is 1590. The maximum Gasteiger partial charge on any atom is 0.240 e. The van der Waals surface area contributed by atoms with E-state index in [0.717, 1.165) is 22.1 Å². The van der Waals surface area contributed by atoms with Crippen molar-refractivity contribution in [2.45, 2.75) is 25.4 Å². The molecule has 3 aromatic rings. The van der Waals surface area contributed by atoms with Gasteiger partial charge in [-0.2, -0.15) is 0 Å². The molecule has 42 heavy (non-hydrogen) atoms. The fraction of sp³-hybridized carbons (Fsp3) is 0.290. The summed E-state index contributed by atoms with van der Waals surface area (Å²) in [6, 6.07) is 15.7. The van der Waals surface area contributed by atoms with E-state index in [9.17, 15) is 27.2 Å². The van der Waals surface area contributed by atoms with Gasteiger partial charge in [0.1, 0.15) is 11.7 Å². The number of hydrogen-bond donors (Lipinski definition) is 0. The van der Waals surface area contributed by atoms with Crippen molar-refractivity contribution in [1.29, 1.82) is 0 Å². The molecule has 3 amide bonds. The van der Waals surface area contributed by atoms with Crippen molar-refractivity contribution in [3.63, 3.8) is 0 Å². The normalized spacial score (nSPS) is 18.5. The number of halogens is 1. The minimum absolute atomic E-state index is 0.0798. The van der Waals surface area contributed by atoms with Crippen LogP contribution in [0.25, 0.3) is 11.1 Å². The Hall–Kier alpha value is -4.38. The predicted molar refractivity (Wildman–Crippen MR) is 155 cm³/mol. The van der Waals surface area contributed by atoms with Gasteiger partial charge in [0.25, 0.3) is 0 Å². The number of sulfone groups is 1. The monoisotopic (exact) mass is 590 g/mol. The first-order valence-electron chi connectivity index (χ1n) is 13.6. The van der Waals surface area contributed by atoms with Gasteiger partial charge in [-0.25, -0.2) is 12.8 Å². The Morgan fingerprint density at radius 2 is 1.48 bits per heavy atom. The molecule has 218 valence electrons. The number of benzene rings is 2. The third kappa shape index (κ3) is 6.57. The van der Waals surface area contributed by atoms with Crippen molar-refractivity contribution < 1.29 is 27.2 Å². The summed E-state index contributed by atoms with van der Waals surface area (Å²) in [5.41, 5.74) is 2.75. The van der Waals surface area contributed by atoms with E-state index in [0.29, 0.717) is 18.7 Å². The van der Waals surface area contributed by atoms with Crippen molar-refractivity contribution in [2.75, 3.05) is 31.9 Å². The molecule has 5 rings (SSSR count). The second kappa shape index (κ2) is 12.2. The van der Waals surface area contributed by atoms with Gasteiger partial charge >= 0.3 is 0 Å². The molecule has 1 fully saturated rings. The molecule has 2 unspecified atom stereocenters. The molecule has 2 aromatic carbocycles. The van der Waals surface area contributed by atoms with Crippen LogP contribution in [0.5, 0.6) is 0 Å². The summed E-state index contributed by atoms with van der Waals surface area (Å²) in [4.78, 5) is 49.1. The zero-order valence-electron chi connectivity index (χ0n) is 23.1. The smallest absolute Gasteiger partial charge is 0.240 e. The Morgan fingerprint density at radius 1 is 0.905 bits per heavy atom. The van der Waals surface area contributed by atoms with Crippen LogP contribution in [0.2, 0.25) is 0 Å². The minimum Gasteiger partial charge on any atom is -0.339 e. The number of nitrogens with zero attached hydrogens (tertiary/aromatic N) is 4. The molecule has 0 N–H and O–H groups in total. The number of carbonyl (C=O) groups excluding carboxylic acids is 3. The van der Waals surface area contributed by atoms with Gasteiger partial charge in [0.05, 0.1) is 11.8 Å². The average Bonchev–Trinajstić information content (AvgIpc) is 3.36. The molecule has 0 spiro atoms. The lowest BCUT2D eigenvalue weighted by Gasteiger charge is -2.37. The zero-order valence-corrected chi connectivity index (χ0v) is 23.9. The first-order chi connectivity index (χ1) is 20.1. The van der Waals surface area contributed by atoms with Crippen molar-refractivity contribution in [3.05, 3.63) is 101 Å². The molecule has 11 heteroatoms. The third-order valence-corrected chi connectivity index (χ3v) is 9.03. The maximum atomic E-state index is 14.4. The SMILES string of the molecule is CC(=O)N1CCN(C(=O)C(C(=O)N(Cc2ccncc2)C2C=CS(=O)(=O)C2)c2ccc(-c3ccc(F)cc3)cc2)CC1. The molecule has 1 saturated heterocycles. The van der Waals surface area contributed by atoms with Crippen LogP contribution in [0.4, 0.5) is 4.39 Å². The van der Waals surface area contributed by atoms with Crippen molar-refractivity contribution in [1.82, 2.24) is 19.7 Å². The molecular weight excluding hydrogens is 559 g/mol. The zero-order chi connectivity index (χ0) is 29.9. The summed E-state index contributed by atoms with van der Waals surface area (Å²) in [5, 5.41) is 1.11. The Morgan fingerprint density at radius 3 is 2.02 bits per heavy atom. The van der Waals surface area contributed by atoms with Crippen molar-refractivity contribution >= 4 is 27.6 Å². The van der Waals surface area contributed by atoms with Crippen LogP contribution in [0.3, 0.4) is 0 Å².